The standard InChI is InChI=1S/C11H14N2/c1-2-4-9-5-3-6-11-10(9)7-12-8-13-11/h4,7-8H,2-3,5-6H2,1H3/b9-4-. The van der Waals surface area contributed by atoms with E-state index in [1.54, 1.807) is 6.33 Å². The Kier molecular flexibility index (Phi) is 2.39. The molecule has 2 heteroatoms. The monoisotopic (exact) mass is 174 g/mol. The summed E-state index contributed by atoms with van der Waals surface area (Å²) in [5.74, 6) is 0. The van der Waals surface area contributed by atoms with Gasteiger partial charge < -0.3 is 0 Å². The molecule has 0 aromatic carbocycles. The molecule has 0 unspecified atom stereocenters. The molecule has 2 nitrogen and oxygen atoms in total. The van der Waals surface area contributed by atoms with Crippen LogP contribution < -0.4 is 0 Å². The number of aromatic nitrogens is 2. The molecule has 1 aliphatic carbocycles. The molecule has 13 heavy (non-hydrogen) atoms. The summed E-state index contributed by atoms with van der Waals surface area (Å²) in [7, 11) is 0. The Morgan fingerprint density at radius 2 is 2.38 bits per heavy atom. The summed E-state index contributed by atoms with van der Waals surface area (Å²) in [6, 6.07) is 0. The maximum Gasteiger partial charge on any atom is 0.115 e. The number of hydrogen-bond acceptors (Lipinski definition) is 2. The largest absolute Gasteiger partial charge is 0.244 e. The van der Waals surface area contributed by atoms with Gasteiger partial charge in [-0.2, -0.15) is 0 Å². The summed E-state index contributed by atoms with van der Waals surface area (Å²) in [5.41, 5.74) is 3.93. The number of aryl methyl sites for hydroxylation is 1. The summed E-state index contributed by atoms with van der Waals surface area (Å²) >= 11 is 0. The lowest BCUT2D eigenvalue weighted by Crippen LogP contribution is -2.04. The quantitative estimate of drug-likeness (QED) is 0.654. The Morgan fingerprint density at radius 1 is 1.46 bits per heavy atom. The van der Waals surface area contributed by atoms with Crippen LogP contribution in [0.25, 0.3) is 5.57 Å². The molecule has 1 aromatic rings. The van der Waals surface area contributed by atoms with Crippen molar-refractivity contribution in [3.8, 4) is 0 Å². The van der Waals surface area contributed by atoms with Crippen molar-refractivity contribution in [2.24, 2.45) is 0 Å². The summed E-state index contributed by atoms with van der Waals surface area (Å²) in [6.07, 6.45) is 10.5. The van der Waals surface area contributed by atoms with Gasteiger partial charge in [-0.3, -0.25) is 0 Å². The van der Waals surface area contributed by atoms with Gasteiger partial charge in [0.25, 0.3) is 0 Å². The van der Waals surface area contributed by atoms with Gasteiger partial charge in [0.15, 0.2) is 0 Å². The second-order valence-electron chi connectivity index (χ2n) is 3.37. The Bertz CT molecular complexity index is 329. The highest BCUT2D eigenvalue weighted by Gasteiger charge is 2.13. The van der Waals surface area contributed by atoms with Gasteiger partial charge in [-0.15, -0.1) is 0 Å². The summed E-state index contributed by atoms with van der Waals surface area (Å²) in [4.78, 5) is 8.38. The van der Waals surface area contributed by atoms with Gasteiger partial charge in [-0.25, -0.2) is 9.97 Å². The van der Waals surface area contributed by atoms with E-state index in [2.05, 4.69) is 23.0 Å². The molecule has 0 radical (unpaired) electrons. The first-order chi connectivity index (χ1) is 6.42. The molecule has 0 fully saturated rings. The van der Waals surface area contributed by atoms with Gasteiger partial charge in [0.05, 0.1) is 5.69 Å². The average molecular weight is 174 g/mol. The van der Waals surface area contributed by atoms with Gasteiger partial charge in [-0.05, 0) is 31.3 Å². The van der Waals surface area contributed by atoms with E-state index < -0.39 is 0 Å². The summed E-state index contributed by atoms with van der Waals surface area (Å²) in [6.45, 7) is 2.17. The molecule has 68 valence electrons. The first kappa shape index (κ1) is 8.42. The maximum absolute atomic E-state index is 4.30. The fraction of sp³-hybridized carbons (Fsp3) is 0.455. The number of fused-ring (bicyclic) bond motifs is 1. The molecule has 1 heterocycles. The van der Waals surface area contributed by atoms with E-state index in [0.717, 1.165) is 12.8 Å². The smallest absolute Gasteiger partial charge is 0.115 e. The lowest BCUT2D eigenvalue weighted by atomic mass is 9.91. The number of allylic oxidation sites excluding steroid dienone is 2. The molecule has 0 atom stereocenters. The Balaban J connectivity index is 2.42. The van der Waals surface area contributed by atoms with Crippen molar-refractivity contribution in [1.82, 2.24) is 9.97 Å². The zero-order chi connectivity index (χ0) is 9.10. The Hall–Kier alpha value is -1.18. The topological polar surface area (TPSA) is 25.8 Å². The van der Waals surface area contributed by atoms with Crippen LogP contribution in [0, 0.1) is 0 Å². The molecule has 1 aliphatic rings. The van der Waals surface area contributed by atoms with Gasteiger partial charge >= 0.3 is 0 Å². The van der Waals surface area contributed by atoms with Crippen LogP contribution in [0.1, 0.15) is 37.4 Å². The lowest BCUT2D eigenvalue weighted by molar-refractivity contribution is 0.783. The number of nitrogens with zero attached hydrogens (tertiary/aromatic N) is 2. The Morgan fingerprint density at radius 3 is 3.23 bits per heavy atom. The van der Waals surface area contributed by atoms with Crippen LogP contribution in [0.4, 0.5) is 0 Å². The van der Waals surface area contributed by atoms with Crippen molar-refractivity contribution in [2.75, 3.05) is 0 Å². The maximum atomic E-state index is 4.30. The predicted molar refractivity (Wildman–Crippen MR) is 53.2 cm³/mol. The fourth-order valence-corrected chi connectivity index (χ4v) is 1.86. The van der Waals surface area contributed by atoms with Crippen molar-refractivity contribution < 1.29 is 0 Å². The molecule has 0 amide bonds. The SMILES string of the molecule is CC/C=C1/CCCc2ncncc21. The molecule has 2 rings (SSSR count). The van der Waals surface area contributed by atoms with E-state index in [0.29, 0.717) is 0 Å². The molecule has 1 aromatic heterocycles. The minimum Gasteiger partial charge on any atom is -0.244 e. The van der Waals surface area contributed by atoms with Crippen molar-refractivity contribution in [3.05, 3.63) is 29.9 Å². The number of hydrogen-bond donors (Lipinski definition) is 0. The van der Waals surface area contributed by atoms with Crippen LogP contribution in [-0.2, 0) is 6.42 Å². The van der Waals surface area contributed by atoms with Crippen LogP contribution in [-0.4, -0.2) is 9.97 Å². The van der Waals surface area contributed by atoms with Gasteiger partial charge in [0, 0.05) is 11.8 Å². The molecular weight excluding hydrogens is 160 g/mol. The second-order valence-corrected chi connectivity index (χ2v) is 3.37. The van der Waals surface area contributed by atoms with E-state index in [1.165, 1.54) is 29.7 Å². The van der Waals surface area contributed by atoms with Crippen LogP contribution in [0.3, 0.4) is 0 Å². The minimum absolute atomic E-state index is 1.10. The number of rotatable bonds is 1. The molecule has 0 aliphatic heterocycles. The minimum atomic E-state index is 1.10. The molecular formula is C11H14N2. The third kappa shape index (κ3) is 1.62. The fourth-order valence-electron chi connectivity index (χ4n) is 1.86. The van der Waals surface area contributed by atoms with E-state index >= 15 is 0 Å². The first-order valence-corrected chi connectivity index (χ1v) is 4.90. The third-order valence-electron chi connectivity index (χ3n) is 2.45. The van der Waals surface area contributed by atoms with Crippen molar-refractivity contribution in [2.45, 2.75) is 32.6 Å². The van der Waals surface area contributed by atoms with Crippen LogP contribution in [0.5, 0.6) is 0 Å². The third-order valence-corrected chi connectivity index (χ3v) is 2.45. The van der Waals surface area contributed by atoms with E-state index in [-0.39, 0.29) is 0 Å². The van der Waals surface area contributed by atoms with Gasteiger partial charge in [0.2, 0.25) is 0 Å². The van der Waals surface area contributed by atoms with E-state index in [1.807, 2.05) is 6.20 Å². The predicted octanol–water partition coefficient (Wildman–Crippen LogP) is 2.61. The van der Waals surface area contributed by atoms with Crippen molar-refractivity contribution in [3.63, 3.8) is 0 Å². The molecule has 0 saturated carbocycles. The molecule has 0 bridgehead atoms. The van der Waals surface area contributed by atoms with Crippen LogP contribution in [0.2, 0.25) is 0 Å². The molecule has 0 saturated heterocycles. The van der Waals surface area contributed by atoms with Crippen LogP contribution >= 0.6 is 0 Å². The van der Waals surface area contributed by atoms with E-state index in [9.17, 15) is 0 Å². The van der Waals surface area contributed by atoms with Gasteiger partial charge in [-0.1, -0.05) is 13.0 Å². The molecule has 0 N–H and O–H groups in total. The lowest BCUT2D eigenvalue weighted by Gasteiger charge is -2.16. The van der Waals surface area contributed by atoms with E-state index in [4.69, 9.17) is 0 Å². The zero-order valence-corrected chi connectivity index (χ0v) is 7.95. The molecule has 0 spiro atoms. The highest BCUT2D eigenvalue weighted by Crippen LogP contribution is 2.28. The van der Waals surface area contributed by atoms with Crippen LogP contribution in [0.15, 0.2) is 18.6 Å². The zero-order valence-electron chi connectivity index (χ0n) is 7.95. The first-order valence-electron chi connectivity index (χ1n) is 4.90. The summed E-state index contributed by atoms with van der Waals surface area (Å²) < 4.78 is 0. The second kappa shape index (κ2) is 3.69. The summed E-state index contributed by atoms with van der Waals surface area (Å²) in [5, 5.41) is 0. The highest BCUT2D eigenvalue weighted by atomic mass is 14.8. The normalized spacial score (nSPS) is 18.7. The average Bonchev–Trinajstić information content (AvgIpc) is 2.19. The highest BCUT2D eigenvalue weighted by molar-refractivity contribution is 5.67. The van der Waals surface area contributed by atoms with Gasteiger partial charge in [0.1, 0.15) is 6.33 Å². The van der Waals surface area contributed by atoms with Crippen molar-refractivity contribution >= 4 is 5.57 Å². The Labute approximate surface area is 78.7 Å². The van der Waals surface area contributed by atoms with Crippen molar-refractivity contribution in [1.29, 1.82) is 0 Å².